The maximum Gasteiger partial charge on any atom is 0.287 e. The van der Waals surface area contributed by atoms with Crippen LogP contribution in [-0.4, -0.2) is 35.7 Å². The predicted octanol–water partition coefficient (Wildman–Crippen LogP) is 2.96. The summed E-state index contributed by atoms with van der Waals surface area (Å²) in [5.41, 5.74) is 2.02. The van der Waals surface area contributed by atoms with Crippen LogP contribution in [0.4, 0.5) is 22.9 Å². The fourth-order valence-electron chi connectivity index (χ4n) is 2.56. The largest absolute Gasteiger partial charge is 0.377 e. The first-order chi connectivity index (χ1) is 11.1. The zero-order chi connectivity index (χ0) is 16.2. The number of benzene rings is 1. The van der Waals surface area contributed by atoms with Crippen LogP contribution in [0.15, 0.2) is 42.6 Å². The SMILES string of the molecule is CC1COCCN1c1ccc(Nc2ccc([N+](=O)[O-])cn2)cc1. The number of ether oxygens (including phenoxy) is 1. The molecular formula is C16H18N4O3. The lowest BCUT2D eigenvalue weighted by atomic mass is 10.2. The molecule has 23 heavy (non-hydrogen) atoms. The van der Waals surface area contributed by atoms with Gasteiger partial charge in [0, 0.05) is 30.0 Å². The molecule has 1 aromatic heterocycles. The topological polar surface area (TPSA) is 80.5 Å². The molecule has 0 bridgehead atoms. The molecule has 1 aliphatic rings. The summed E-state index contributed by atoms with van der Waals surface area (Å²) >= 11 is 0. The van der Waals surface area contributed by atoms with E-state index in [2.05, 4.69) is 34.3 Å². The van der Waals surface area contributed by atoms with Gasteiger partial charge in [-0.2, -0.15) is 0 Å². The van der Waals surface area contributed by atoms with Crippen molar-refractivity contribution in [3.05, 3.63) is 52.7 Å². The molecule has 0 amide bonds. The van der Waals surface area contributed by atoms with Crippen LogP contribution in [0.2, 0.25) is 0 Å². The maximum atomic E-state index is 10.6. The van der Waals surface area contributed by atoms with Crippen molar-refractivity contribution >= 4 is 22.9 Å². The molecule has 7 heteroatoms. The highest BCUT2D eigenvalue weighted by atomic mass is 16.6. The quantitative estimate of drug-likeness (QED) is 0.690. The van der Waals surface area contributed by atoms with E-state index >= 15 is 0 Å². The number of hydrogen-bond donors (Lipinski definition) is 1. The summed E-state index contributed by atoms with van der Waals surface area (Å²) in [5, 5.41) is 13.8. The summed E-state index contributed by atoms with van der Waals surface area (Å²) in [6.07, 6.45) is 1.24. The third kappa shape index (κ3) is 3.57. The lowest BCUT2D eigenvalue weighted by Crippen LogP contribution is -2.43. The van der Waals surface area contributed by atoms with Crippen LogP contribution in [0.25, 0.3) is 0 Å². The van der Waals surface area contributed by atoms with Crippen molar-refractivity contribution in [1.29, 1.82) is 0 Å². The van der Waals surface area contributed by atoms with E-state index in [1.54, 1.807) is 6.07 Å². The van der Waals surface area contributed by atoms with Crippen LogP contribution >= 0.6 is 0 Å². The number of aromatic nitrogens is 1. The van der Waals surface area contributed by atoms with Gasteiger partial charge in [-0.05, 0) is 37.3 Å². The van der Waals surface area contributed by atoms with Crippen LogP contribution in [0.3, 0.4) is 0 Å². The first-order valence-corrected chi connectivity index (χ1v) is 7.45. The Hall–Kier alpha value is -2.67. The highest BCUT2D eigenvalue weighted by Gasteiger charge is 2.18. The van der Waals surface area contributed by atoms with Gasteiger partial charge in [-0.3, -0.25) is 10.1 Å². The number of nitro groups is 1. The molecule has 1 aliphatic heterocycles. The summed E-state index contributed by atoms with van der Waals surface area (Å²) < 4.78 is 5.45. The summed E-state index contributed by atoms with van der Waals surface area (Å²) in [5.74, 6) is 0.572. The predicted molar refractivity (Wildman–Crippen MR) is 88.2 cm³/mol. The number of nitrogens with zero attached hydrogens (tertiary/aromatic N) is 3. The Morgan fingerprint density at radius 3 is 2.70 bits per heavy atom. The zero-order valence-electron chi connectivity index (χ0n) is 12.8. The number of pyridine rings is 1. The summed E-state index contributed by atoms with van der Waals surface area (Å²) in [7, 11) is 0. The van der Waals surface area contributed by atoms with Gasteiger partial charge in [-0.15, -0.1) is 0 Å². The standard InChI is InChI=1S/C16H18N4O3/c1-12-11-23-9-8-19(12)14-4-2-13(3-5-14)18-16-7-6-15(10-17-16)20(21)22/h2-7,10,12H,8-9,11H2,1H3,(H,17,18). The number of morpholine rings is 1. The molecule has 0 aliphatic carbocycles. The minimum atomic E-state index is -0.463. The van der Waals surface area contributed by atoms with Crippen molar-refractivity contribution in [2.24, 2.45) is 0 Å². The van der Waals surface area contributed by atoms with Gasteiger partial charge < -0.3 is 15.0 Å². The Morgan fingerprint density at radius 2 is 2.09 bits per heavy atom. The minimum absolute atomic E-state index is 0.0211. The Kier molecular flexibility index (Phi) is 4.38. The monoisotopic (exact) mass is 314 g/mol. The molecule has 1 unspecified atom stereocenters. The van der Waals surface area contributed by atoms with E-state index in [9.17, 15) is 10.1 Å². The second kappa shape index (κ2) is 6.62. The normalized spacial score (nSPS) is 17.8. The number of hydrogen-bond acceptors (Lipinski definition) is 6. The van der Waals surface area contributed by atoms with Gasteiger partial charge >= 0.3 is 0 Å². The van der Waals surface area contributed by atoms with E-state index in [0.717, 1.165) is 31.1 Å². The Balaban J connectivity index is 1.68. The summed E-state index contributed by atoms with van der Waals surface area (Å²) in [4.78, 5) is 16.5. The Morgan fingerprint density at radius 1 is 1.30 bits per heavy atom. The molecule has 1 atom stereocenters. The van der Waals surface area contributed by atoms with Crippen molar-refractivity contribution in [2.45, 2.75) is 13.0 Å². The van der Waals surface area contributed by atoms with Gasteiger partial charge in [0.25, 0.3) is 5.69 Å². The lowest BCUT2D eigenvalue weighted by Gasteiger charge is -2.35. The molecule has 2 aromatic rings. The van der Waals surface area contributed by atoms with Gasteiger partial charge in [-0.25, -0.2) is 4.98 Å². The summed E-state index contributed by atoms with van der Waals surface area (Å²) in [6.45, 7) is 4.52. The molecule has 0 spiro atoms. The molecule has 1 N–H and O–H groups in total. The van der Waals surface area contributed by atoms with E-state index < -0.39 is 4.92 Å². The summed E-state index contributed by atoms with van der Waals surface area (Å²) in [6, 6.07) is 11.4. The van der Waals surface area contributed by atoms with Crippen molar-refractivity contribution in [2.75, 3.05) is 30.0 Å². The van der Waals surface area contributed by atoms with E-state index in [1.807, 2.05) is 12.1 Å². The number of nitrogens with one attached hydrogen (secondary N) is 1. The highest BCUT2D eigenvalue weighted by Crippen LogP contribution is 2.23. The third-order valence-corrected chi connectivity index (χ3v) is 3.80. The van der Waals surface area contributed by atoms with Crippen molar-refractivity contribution < 1.29 is 9.66 Å². The Labute approximate surface area is 134 Å². The van der Waals surface area contributed by atoms with Crippen molar-refractivity contribution in [1.82, 2.24) is 4.98 Å². The van der Waals surface area contributed by atoms with E-state index in [0.29, 0.717) is 11.9 Å². The van der Waals surface area contributed by atoms with Crippen molar-refractivity contribution in [3.63, 3.8) is 0 Å². The maximum absolute atomic E-state index is 10.6. The molecule has 2 heterocycles. The van der Waals surface area contributed by atoms with Crippen LogP contribution in [-0.2, 0) is 4.74 Å². The van der Waals surface area contributed by atoms with Crippen LogP contribution in [0.1, 0.15) is 6.92 Å². The fraction of sp³-hybridized carbons (Fsp3) is 0.312. The molecule has 0 radical (unpaired) electrons. The van der Waals surface area contributed by atoms with E-state index in [-0.39, 0.29) is 5.69 Å². The average molecular weight is 314 g/mol. The van der Waals surface area contributed by atoms with Gasteiger partial charge in [0.1, 0.15) is 12.0 Å². The highest BCUT2D eigenvalue weighted by molar-refractivity contribution is 5.61. The first-order valence-electron chi connectivity index (χ1n) is 7.45. The van der Waals surface area contributed by atoms with Gasteiger partial charge in [0.2, 0.25) is 0 Å². The van der Waals surface area contributed by atoms with Crippen LogP contribution in [0.5, 0.6) is 0 Å². The smallest absolute Gasteiger partial charge is 0.287 e. The lowest BCUT2D eigenvalue weighted by molar-refractivity contribution is -0.385. The molecule has 1 aromatic carbocycles. The molecule has 1 saturated heterocycles. The zero-order valence-corrected chi connectivity index (χ0v) is 12.8. The van der Waals surface area contributed by atoms with Gasteiger partial charge in [0.05, 0.1) is 18.1 Å². The molecule has 7 nitrogen and oxygen atoms in total. The van der Waals surface area contributed by atoms with E-state index in [1.165, 1.54) is 12.3 Å². The first kappa shape index (κ1) is 15.2. The van der Waals surface area contributed by atoms with E-state index in [4.69, 9.17) is 4.74 Å². The van der Waals surface area contributed by atoms with Crippen LogP contribution in [0, 0.1) is 10.1 Å². The molecule has 3 rings (SSSR count). The molecule has 0 saturated carbocycles. The number of rotatable bonds is 4. The molecule has 120 valence electrons. The fourth-order valence-corrected chi connectivity index (χ4v) is 2.56. The Bertz CT molecular complexity index is 673. The molecule has 1 fully saturated rings. The van der Waals surface area contributed by atoms with Gasteiger partial charge in [-0.1, -0.05) is 0 Å². The van der Waals surface area contributed by atoms with Crippen molar-refractivity contribution in [3.8, 4) is 0 Å². The van der Waals surface area contributed by atoms with Gasteiger partial charge in [0.15, 0.2) is 0 Å². The van der Waals surface area contributed by atoms with Crippen LogP contribution < -0.4 is 10.2 Å². The molecular weight excluding hydrogens is 296 g/mol. The number of anilines is 3. The average Bonchev–Trinajstić information content (AvgIpc) is 2.57. The second-order valence-electron chi connectivity index (χ2n) is 5.45. The second-order valence-corrected chi connectivity index (χ2v) is 5.45. The third-order valence-electron chi connectivity index (χ3n) is 3.80. The minimum Gasteiger partial charge on any atom is -0.377 e.